The van der Waals surface area contributed by atoms with Crippen LogP contribution < -0.4 is 5.32 Å². The number of hydrogen-bond acceptors (Lipinski definition) is 5. The van der Waals surface area contributed by atoms with Crippen LogP contribution in [0, 0.1) is 17.0 Å². The summed E-state index contributed by atoms with van der Waals surface area (Å²) in [6.07, 6.45) is 0. The molecule has 18 heavy (non-hydrogen) atoms. The van der Waals surface area contributed by atoms with Gasteiger partial charge >= 0.3 is 0 Å². The van der Waals surface area contributed by atoms with Crippen LogP contribution in [0.4, 0.5) is 11.4 Å². The van der Waals surface area contributed by atoms with Gasteiger partial charge in [-0.25, -0.2) is 4.98 Å². The predicted molar refractivity (Wildman–Crippen MR) is 62.2 cm³/mol. The summed E-state index contributed by atoms with van der Waals surface area (Å²) in [6.45, 7) is 1.68. The van der Waals surface area contributed by atoms with Crippen molar-refractivity contribution in [3.05, 3.63) is 46.0 Å². The molecular formula is C10H9N5O3. The van der Waals surface area contributed by atoms with Gasteiger partial charge < -0.3 is 5.32 Å². The molecule has 0 aliphatic rings. The molecule has 1 heterocycles. The monoisotopic (exact) mass is 247 g/mol. The minimum atomic E-state index is -0.510. The first-order chi connectivity index (χ1) is 8.56. The molecule has 8 heteroatoms. The molecular weight excluding hydrogens is 238 g/mol. The number of aromatic nitrogens is 3. The van der Waals surface area contributed by atoms with Gasteiger partial charge in [0.25, 0.3) is 11.6 Å². The van der Waals surface area contributed by atoms with Crippen molar-refractivity contribution in [1.82, 2.24) is 15.2 Å². The van der Waals surface area contributed by atoms with E-state index in [1.165, 1.54) is 24.3 Å². The number of nitro groups is 1. The summed E-state index contributed by atoms with van der Waals surface area (Å²) >= 11 is 0. The van der Waals surface area contributed by atoms with Crippen molar-refractivity contribution >= 4 is 17.3 Å². The fraction of sp³-hybridized carbons (Fsp3) is 0.100. The highest BCUT2D eigenvalue weighted by molar-refractivity contribution is 6.01. The number of amides is 1. The highest BCUT2D eigenvalue weighted by atomic mass is 16.6. The maximum Gasteiger partial charge on any atom is 0.295 e. The standard InChI is InChI=1S/C10H9N5O3/c1-6-11-9(14-13-6)10(16)12-7-2-4-8(5-3-7)15(17)18/h2-5H,1H3,(H,12,16)(H,11,13,14). The summed E-state index contributed by atoms with van der Waals surface area (Å²) in [6, 6.07) is 5.49. The van der Waals surface area contributed by atoms with Crippen LogP contribution in [-0.4, -0.2) is 26.0 Å². The van der Waals surface area contributed by atoms with Crippen molar-refractivity contribution in [3.63, 3.8) is 0 Å². The van der Waals surface area contributed by atoms with Gasteiger partial charge in [-0.3, -0.25) is 20.0 Å². The average Bonchev–Trinajstić information content (AvgIpc) is 2.76. The molecule has 0 aliphatic heterocycles. The molecule has 1 aromatic carbocycles. The highest BCUT2D eigenvalue weighted by Gasteiger charge is 2.12. The Morgan fingerprint density at radius 2 is 2.06 bits per heavy atom. The number of rotatable bonds is 3. The Morgan fingerprint density at radius 1 is 1.39 bits per heavy atom. The third-order valence-electron chi connectivity index (χ3n) is 2.14. The van der Waals surface area contributed by atoms with Gasteiger partial charge in [0.2, 0.25) is 5.82 Å². The second kappa shape index (κ2) is 4.62. The molecule has 0 saturated carbocycles. The average molecular weight is 247 g/mol. The number of nitrogens with zero attached hydrogens (tertiary/aromatic N) is 3. The molecule has 92 valence electrons. The molecule has 0 fully saturated rings. The molecule has 2 rings (SSSR count). The molecule has 0 radical (unpaired) electrons. The quantitative estimate of drug-likeness (QED) is 0.626. The van der Waals surface area contributed by atoms with E-state index in [1.807, 2.05) is 0 Å². The summed E-state index contributed by atoms with van der Waals surface area (Å²) in [5, 5.41) is 19.2. The molecule has 1 amide bonds. The Kier molecular flexibility index (Phi) is 3.00. The first-order valence-corrected chi connectivity index (χ1v) is 5.01. The molecule has 0 atom stereocenters. The molecule has 0 unspecified atom stereocenters. The Hall–Kier alpha value is -2.77. The van der Waals surface area contributed by atoms with Gasteiger partial charge in [0, 0.05) is 17.8 Å². The van der Waals surface area contributed by atoms with Crippen LogP contribution in [0.2, 0.25) is 0 Å². The van der Waals surface area contributed by atoms with Crippen molar-refractivity contribution in [1.29, 1.82) is 0 Å². The zero-order valence-electron chi connectivity index (χ0n) is 9.38. The summed E-state index contributed by atoms with van der Waals surface area (Å²) < 4.78 is 0. The van der Waals surface area contributed by atoms with Crippen LogP contribution in [0.3, 0.4) is 0 Å². The maximum absolute atomic E-state index is 11.7. The van der Waals surface area contributed by atoms with E-state index >= 15 is 0 Å². The lowest BCUT2D eigenvalue weighted by Crippen LogP contribution is -2.13. The lowest BCUT2D eigenvalue weighted by molar-refractivity contribution is -0.384. The number of anilines is 1. The number of H-pyrrole nitrogens is 1. The van der Waals surface area contributed by atoms with Crippen molar-refractivity contribution in [2.45, 2.75) is 6.92 Å². The third kappa shape index (κ3) is 2.48. The number of aryl methyl sites for hydroxylation is 1. The zero-order chi connectivity index (χ0) is 13.1. The van der Waals surface area contributed by atoms with E-state index in [4.69, 9.17) is 0 Å². The first kappa shape index (κ1) is 11.7. The van der Waals surface area contributed by atoms with Gasteiger partial charge in [-0.2, -0.15) is 0 Å². The van der Waals surface area contributed by atoms with Crippen LogP contribution in [0.25, 0.3) is 0 Å². The van der Waals surface area contributed by atoms with Crippen molar-refractivity contribution in [2.75, 3.05) is 5.32 Å². The first-order valence-electron chi connectivity index (χ1n) is 5.01. The number of carbonyl (C=O) groups excluding carboxylic acids is 1. The summed E-state index contributed by atoms with van der Waals surface area (Å²) in [5.74, 6) is 0.0721. The molecule has 2 aromatic rings. The highest BCUT2D eigenvalue weighted by Crippen LogP contribution is 2.15. The van der Waals surface area contributed by atoms with Crippen LogP contribution in [0.1, 0.15) is 16.4 Å². The zero-order valence-corrected chi connectivity index (χ0v) is 9.38. The van der Waals surface area contributed by atoms with E-state index in [2.05, 4.69) is 20.5 Å². The Bertz CT molecular complexity index is 590. The van der Waals surface area contributed by atoms with Crippen molar-refractivity contribution in [3.8, 4) is 0 Å². The number of aromatic amines is 1. The van der Waals surface area contributed by atoms with Crippen molar-refractivity contribution < 1.29 is 9.72 Å². The molecule has 8 nitrogen and oxygen atoms in total. The lowest BCUT2D eigenvalue weighted by Gasteiger charge is -2.01. The Balaban J connectivity index is 2.10. The van der Waals surface area contributed by atoms with Crippen molar-refractivity contribution in [2.24, 2.45) is 0 Å². The Labute approximate surface area is 101 Å². The largest absolute Gasteiger partial charge is 0.319 e. The topological polar surface area (TPSA) is 114 Å². The molecule has 0 aliphatic carbocycles. The van der Waals surface area contributed by atoms with Crippen LogP contribution >= 0.6 is 0 Å². The van der Waals surface area contributed by atoms with Gasteiger partial charge in [-0.15, -0.1) is 5.10 Å². The van der Waals surface area contributed by atoms with E-state index in [-0.39, 0.29) is 11.5 Å². The number of nitrogens with one attached hydrogen (secondary N) is 2. The predicted octanol–water partition coefficient (Wildman–Crippen LogP) is 1.27. The van der Waals surface area contributed by atoms with Gasteiger partial charge in [0.1, 0.15) is 5.82 Å². The SMILES string of the molecule is Cc1nc(C(=O)Nc2ccc([N+](=O)[O-])cc2)n[nH]1. The minimum Gasteiger partial charge on any atom is -0.319 e. The summed E-state index contributed by atoms with van der Waals surface area (Å²) in [5.41, 5.74) is 0.398. The second-order valence-corrected chi connectivity index (χ2v) is 3.50. The fourth-order valence-electron chi connectivity index (χ4n) is 1.30. The lowest BCUT2D eigenvalue weighted by atomic mass is 10.3. The minimum absolute atomic E-state index is 0.0193. The van der Waals surface area contributed by atoms with Gasteiger partial charge in [-0.1, -0.05) is 0 Å². The summed E-state index contributed by atoms with van der Waals surface area (Å²) in [4.78, 5) is 25.5. The van der Waals surface area contributed by atoms with Crippen LogP contribution in [-0.2, 0) is 0 Å². The number of hydrogen-bond donors (Lipinski definition) is 2. The molecule has 2 N–H and O–H groups in total. The molecule has 0 spiro atoms. The molecule has 0 bridgehead atoms. The van der Waals surface area contributed by atoms with Gasteiger partial charge in [0.15, 0.2) is 0 Å². The molecule has 0 saturated heterocycles. The van der Waals surface area contributed by atoms with Gasteiger partial charge in [0.05, 0.1) is 4.92 Å². The third-order valence-corrected chi connectivity index (χ3v) is 2.14. The second-order valence-electron chi connectivity index (χ2n) is 3.50. The van der Waals surface area contributed by atoms with E-state index in [1.54, 1.807) is 6.92 Å². The van der Waals surface area contributed by atoms with E-state index in [9.17, 15) is 14.9 Å². The van der Waals surface area contributed by atoms with Crippen LogP contribution in [0.5, 0.6) is 0 Å². The number of benzene rings is 1. The normalized spacial score (nSPS) is 10.1. The van der Waals surface area contributed by atoms with E-state index in [0.29, 0.717) is 11.5 Å². The smallest absolute Gasteiger partial charge is 0.295 e. The number of nitro benzene ring substituents is 1. The van der Waals surface area contributed by atoms with Gasteiger partial charge in [-0.05, 0) is 19.1 Å². The van der Waals surface area contributed by atoms with E-state index < -0.39 is 10.8 Å². The number of carbonyl (C=O) groups is 1. The molecule has 1 aromatic heterocycles. The Morgan fingerprint density at radius 3 is 2.56 bits per heavy atom. The maximum atomic E-state index is 11.7. The number of non-ortho nitro benzene ring substituents is 1. The van der Waals surface area contributed by atoms with E-state index in [0.717, 1.165) is 0 Å². The fourth-order valence-corrected chi connectivity index (χ4v) is 1.30. The van der Waals surface area contributed by atoms with Crippen LogP contribution in [0.15, 0.2) is 24.3 Å². The summed E-state index contributed by atoms with van der Waals surface area (Å²) in [7, 11) is 0.